The minimum atomic E-state index is -1.27. The van der Waals surface area contributed by atoms with Crippen LogP contribution in [0, 0.1) is 0 Å². The third-order valence-corrected chi connectivity index (χ3v) is 1.46. The fourth-order valence-electron chi connectivity index (χ4n) is 0.859. The predicted molar refractivity (Wildman–Crippen MR) is 42.5 cm³/mol. The molecule has 11 heavy (non-hydrogen) atoms. The van der Waals surface area contributed by atoms with Gasteiger partial charge in [0, 0.05) is 0 Å². The summed E-state index contributed by atoms with van der Waals surface area (Å²) in [6, 6.07) is 8.65. The molecule has 3 heteroatoms. The Morgan fingerprint density at radius 3 is 2.09 bits per heavy atom. The fraction of sp³-hybridized carbons (Fsp3) is 0.250. The van der Waals surface area contributed by atoms with E-state index in [4.69, 9.17) is 11.5 Å². The molecule has 1 aromatic rings. The number of hydrogen-bond donors (Lipinski definition) is 2. The Kier molecular flexibility index (Phi) is 2.57. The summed E-state index contributed by atoms with van der Waals surface area (Å²) < 4.78 is 13.0. The van der Waals surface area contributed by atoms with Gasteiger partial charge in [0.15, 0.2) is 6.17 Å². The van der Waals surface area contributed by atoms with Crippen LogP contribution in [0.15, 0.2) is 30.3 Å². The SMILES string of the molecule is NC(N)C(F)c1ccccc1. The first-order valence-corrected chi connectivity index (χ1v) is 3.42. The zero-order valence-corrected chi connectivity index (χ0v) is 6.07. The first-order valence-electron chi connectivity index (χ1n) is 3.42. The van der Waals surface area contributed by atoms with Crippen molar-refractivity contribution in [3.8, 4) is 0 Å². The molecule has 1 rings (SSSR count). The van der Waals surface area contributed by atoms with Gasteiger partial charge in [-0.25, -0.2) is 4.39 Å². The molecule has 0 heterocycles. The topological polar surface area (TPSA) is 52.0 Å². The van der Waals surface area contributed by atoms with E-state index in [-0.39, 0.29) is 0 Å². The van der Waals surface area contributed by atoms with Crippen molar-refractivity contribution in [2.24, 2.45) is 11.5 Å². The lowest BCUT2D eigenvalue weighted by Gasteiger charge is -2.11. The van der Waals surface area contributed by atoms with Crippen LogP contribution < -0.4 is 11.5 Å². The van der Waals surface area contributed by atoms with Crippen molar-refractivity contribution in [1.82, 2.24) is 0 Å². The van der Waals surface area contributed by atoms with Gasteiger partial charge in [-0.1, -0.05) is 30.3 Å². The molecule has 0 saturated heterocycles. The van der Waals surface area contributed by atoms with E-state index in [9.17, 15) is 4.39 Å². The molecule has 0 fully saturated rings. The molecule has 60 valence electrons. The summed E-state index contributed by atoms with van der Waals surface area (Å²) in [4.78, 5) is 0. The Balaban J connectivity index is 2.77. The second kappa shape index (κ2) is 3.46. The number of alkyl halides is 1. The molecule has 0 spiro atoms. The molecule has 1 unspecified atom stereocenters. The number of nitrogens with two attached hydrogens (primary N) is 2. The molecule has 0 radical (unpaired) electrons. The summed E-state index contributed by atoms with van der Waals surface area (Å²) in [7, 11) is 0. The third-order valence-electron chi connectivity index (χ3n) is 1.46. The summed E-state index contributed by atoms with van der Waals surface area (Å²) in [5.74, 6) is 0. The van der Waals surface area contributed by atoms with Crippen LogP contribution in [-0.2, 0) is 0 Å². The van der Waals surface area contributed by atoms with Crippen molar-refractivity contribution in [3.05, 3.63) is 35.9 Å². The standard InChI is InChI=1S/C8H11FN2/c9-7(8(10)11)6-4-2-1-3-5-6/h1-5,7-8H,10-11H2. The van der Waals surface area contributed by atoms with Gasteiger partial charge < -0.3 is 11.5 Å². The molecule has 0 aliphatic heterocycles. The van der Waals surface area contributed by atoms with Crippen molar-refractivity contribution >= 4 is 0 Å². The largest absolute Gasteiger partial charge is 0.313 e. The second-order valence-electron chi connectivity index (χ2n) is 2.39. The summed E-state index contributed by atoms with van der Waals surface area (Å²) in [5.41, 5.74) is 10.9. The maximum atomic E-state index is 13.0. The lowest BCUT2D eigenvalue weighted by Crippen LogP contribution is -2.35. The van der Waals surface area contributed by atoms with E-state index in [1.807, 2.05) is 6.07 Å². The average Bonchev–Trinajstić information content (AvgIpc) is 2.05. The molecule has 4 N–H and O–H groups in total. The summed E-state index contributed by atoms with van der Waals surface area (Å²) in [6.45, 7) is 0. The van der Waals surface area contributed by atoms with Gasteiger partial charge >= 0.3 is 0 Å². The number of rotatable bonds is 2. The van der Waals surface area contributed by atoms with Gasteiger partial charge in [-0.05, 0) is 5.56 Å². The van der Waals surface area contributed by atoms with Crippen LogP contribution in [-0.4, -0.2) is 6.17 Å². The van der Waals surface area contributed by atoms with Crippen LogP contribution in [0.4, 0.5) is 4.39 Å². The van der Waals surface area contributed by atoms with E-state index in [0.717, 1.165) is 0 Å². The highest BCUT2D eigenvalue weighted by Crippen LogP contribution is 2.16. The Bertz CT molecular complexity index is 211. The maximum Gasteiger partial charge on any atom is 0.153 e. The smallest absolute Gasteiger partial charge is 0.153 e. The van der Waals surface area contributed by atoms with Gasteiger partial charge in [0.05, 0.1) is 6.17 Å². The fourth-order valence-corrected chi connectivity index (χ4v) is 0.859. The van der Waals surface area contributed by atoms with Gasteiger partial charge in [0.25, 0.3) is 0 Å². The molecule has 1 atom stereocenters. The lowest BCUT2D eigenvalue weighted by molar-refractivity contribution is 0.292. The number of benzene rings is 1. The zero-order valence-electron chi connectivity index (χ0n) is 6.07. The van der Waals surface area contributed by atoms with Crippen LogP contribution in [0.5, 0.6) is 0 Å². The highest BCUT2D eigenvalue weighted by atomic mass is 19.1. The van der Waals surface area contributed by atoms with E-state index in [1.165, 1.54) is 0 Å². The third kappa shape index (κ3) is 2.00. The summed E-state index contributed by atoms with van der Waals surface area (Å²) in [5, 5.41) is 0. The quantitative estimate of drug-likeness (QED) is 0.623. The monoisotopic (exact) mass is 154 g/mol. The molecule has 1 aromatic carbocycles. The zero-order chi connectivity index (χ0) is 8.27. The Morgan fingerprint density at radius 1 is 1.09 bits per heavy atom. The molecule has 0 aliphatic carbocycles. The van der Waals surface area contributed by atoms with E-state index in [0.29, 0.717) is 5.56 Å². The van der Waals surface area contributed by atoms with Crippen molar-refractivity contribution in [2.75, 3.05) is 0 Å². The van der Waals surface area contributed by atoms with Gasteiger partial charge in [-0.3, -0.25) is 0 Å². The number of halogens is 1. The average molecular weight is 154 g/mol. The highest BCUT2D eigenvalue weighted by molar-refractivity contribution is 5.18. The van der Waals surface area contributed by atoms with Crippen molar-refractivity contribution in [1.29, 1.82) is 0 Å². The summed E-state index contributed by atoms with van der Waals surface area (Å²) >= 11 is 0. The normalized spacial score (nSPS) is 13.5. The molecule has 0 aromatic heterocycles. The van der Waals surface area contributed by atoms with Gasteiger partial charge in [-0.2, -0.15) is 0 Å². The Hall–Kier alpha value is -0.930. The van der Waals surface area contributed by atoms with Gasteiger partial charge in [0.2, 0.25) is 0 Å². The maximum absolute atomic E-state index is 13.0. The molecular weight excluding hydrogens is 143 g/mol. The van der Waals surface area contributed by atoms with Crippen molar-refractivity contribution in [3.63, 3.8) is 0 Å². The second-order valence-corrected chi connectivity index (χ2v) is 2.39. The first kappa shape index (κ1) is 8.17. The number of hydrogen-bond acceptors (Lipinski definition) is 2. The summed E-state index contributed by atoms with van der Waals surface area (Å²) in [6.07, 6.45) is -2.20. The minimum Gasteiger partial charge on any atom is -0.313 e. The molecule has 2 nitrogen and oxygen atoms in total. The van der Waals surface area contributed by atoms with Gasteiger partial charge in [0.1, 0.15) is 0 Å². The van der Waals surface area contributed by atoms with Crippen LogP contribution >= 0.6 is 0 Å². The predicted octanol–water partition coefficient (Wildman–Crippen LogP) is 0.941. The molecule has 0 amide bonds. The van der Waals surface area contributed by atoms with E-state index < -0.39 is 12.3 Å². The highest BCUT2D eigenvalue weighted by Gasteiger charge is 2.13. The van der Waals surface area contributed by atoms with Gasteiger partial charge in [-0.15, -0.1) is 0 Å². The Morgan fingerprint density at radius 2 is 1.64 bits per heavy atom. The van der Waals surface area contributed by atoms with Crippen LogP contribution in [0.1, 0.15) is 11.7 Å². The van der Waals surface area contributed by atoms with Crippen molar-refractivity contribution in [2.45, 2.75) is 12.3 Å². The first-order chi connectivity index (χ1) is 5.22. The molecular formula is C8H11FN2. The Labute approximate surface area is 65.0 Å². The van der Waals surface area contributed by atoms with Crippen LogP contribution in [0.3, 0.4) is 0 Å². The van der Waals surface area contributed by atoms with E-state index in [2.05, 4.69) is 0 Å². The molecule has 0 saturated carbocycles. The lowest BCUT2D eigenvalue weighted by atomic mass is 10.1. The molecule has 0 aliphatic rings. The van der Waals surface area contributed by atoms with E-state index >= 15 is 0 Å². The van der Waals surface area contributed by atoms with Crippen molar-refractivity contribution < 1.29 is 4.39 Å². The van der Waals surface area contributed by atoms with E-state index in [1.54, 1.807) is 24.3 Å². The molecule has 0 bridgehead atoms. The minimum absolute atomic E-state index is 0.530. The van der Waals surface area contributed by atoms with Crippen LogP contribution in [0.2, 0.25) is 0 Å². The van der Waals surface area contributed by atoms with Crippen LogP contribution in [0.25, 0.3) is 0 Å².